The number of hydroxylamine groups is 1. The molecule has 2 atom stereocenters. The van der Waals surface area contributed by atoms with Crippen molar-refractivity contribution >= 4 is 11.7 Å². The predicted octanol–water partition coefficient (Wildman–Crippen LogP) is 2.34. The van der Waals surface area contributed by atoms with Gasteiger partial charge in [0.25, 0.3) is 0 Å². The van der Waals surface area contributed by atoms with Crippen molar-refractivity contribution in [1.29, 1.82) is 0 Å². The van der Waals surface area contributed by atoms with Crippen LogP contribution in [0.4, 0.5) is 0 Å². The topological polar surface area (TPSA) is 79.5 Å². The van der Waals surface area contributed by atoms with Crippen molar-refractivity contribution < 1.29 is 14.4 Å². The molecule has 3 N–H and O–H groups in total. The van der Waals surface area contributed by atoms with Crippen molar-refractivity contribution in [2.24, 2.45) is 5.92 Å². The van der Waals surface area contributed by atoms with Gasteiger partial charge in [-0.25, -0.2) is 5.48 Å². The third kappa shape index (κ3) is 8.20. The van der Waals surface area contributed by atoms with Crippen LogP contribution in [0.2, 0.25) is 0 Å². The standard InChI is InChI=1S/C21H33N3O3/c1-2-3-4-8-11-18(21(26)19-15-22-12-13-23-19)14-20(25)24-27-16-17-9-6-5-7-10-17/h5-7,9-10,18-19,22-23H,2-4,8,11-16H2,1H3,(H,24,25)/t18-,19+/m1/s1. The Kier molecular flexibility index (Phi) is 10.0. The Balaban J connectivity index is 1.81. The van der Waals surface area contributed by atoms with Gasteiger partial charge < -0.3 is 10.6 Å². The fraction of sp³-hybridized carbons (Fsp3) is 0.619. The molecule has 1 aromatic rings. The summed E-state index contributed by atoms with van der Waals surface area (Å²) < 4.78 is 0. The maximum atomic E-state index is 12.9. The number of amides is 1. The number of hydrogen-bond donors (Lipinski definition) is 3. The molecule has 0 aromatic heterocycles. The van der Waals surface area contributed by atoms with Crippen LogP contribution >= 0.6 is 0 Å². The van der Waals surface area contributed by atoms with Crippen LogP contribution in [0.1, 0.15) is 51.0 Å². The van der Waals surface area contributed by atoms with Gasteiger partial charge in [-0.15, -0.1) is 0 Å². The molecule has 1 amide bonds. The van der Waals surface area contributed by atoms with E-state index in [0.717, 1.165) is 50.8 Å². The molecule has 0 bridgehead atoms. The number of benzene rings is 1. The zero-order valence-electron chi connectivity index (χ0n) is 16.3. The Morgan fingerprint density at radius 2 is 2.00 bits per heavy atom. The predicted molar refractivity (Wildman–Crippen MR) is 106 cm³/mol. The molecule has 6 heteroatoms. The van der Waals surface area contributed by atoms with E-state index < -0.39 is 0 Å². The largest absolute Gasteiger partial charge is 0.313 e. The minimum absolute atomic E-state index is 0.136. The SMILES string of the molecule is CCCCCC[C@H](CC(=O)NOCc1ccccc1)C(=O)[C@@H]1CNCCN1. The number of unbranched alkanes of at least 4 members (excludes halogenated alkanes) is 3. The summed E-state index contributed by atoms with van der Waals surface area (Å²) in [6.45, 7) is 4.77. The second kappa shape index (κ2) is 12.6. The van der Waals surface area contributed by atoms with Gasteiger partial charge in [0.2, 0.25) is 5.91 Å². The third-order valence-electron chi connectivity index (χ3n) is 4.89. The summed E-state index contributed by atoms with van der Waals surface area (Å²) in [4.78, 5) is 30.5. The van der Waals surface area contributed by atoms with Crippen molar-refractivity contribution in [2.75, 3.05) is 19.6 Å². The van der Waals surface area contributed by atoms with E-state index in [0.29, 0.717) is 13.2 Å². The van der Waals surface area contributed by atoms with Gasteiger partial charge in [-0.3, -0.25) is 14.4 Å². The Labute approximate surface area is 162 Å². The van der Waals surface area contributed by atoms with Crippen molar-refractivity contribution in [3.8, 4) is 0 Å². The summed E-state index contributed by atoms with van der Waals surface area (Å²) in [7, 11) is 0. The lowest BCUT2D eigenvalue weighted by molar-refractivity contribution is -0.139. The van der Waals surface area contributed by atoms with Gasteiger partial charge in [-0.2, -0.15) is 0 Å². The van der Waals surface area contributed by atoms with E-state index in [-0.39, 0.29) is 30.1 Å². The molecule has 0 unspecified atom stereocenters. The number of Topliss-reactive ketones (excluding diaryl/α,β-unsaturated/α-hetero) is 1. The molecule has 0 spiro atoms. The van der Waals surface area contributed by atoms with E-state index in [1.165, 1.54) is 0 Å². The van der Waals surface area contributed by atoms with Gasteiger partial charge >= 0.3 is 0 Å². The lowest BCUT2D eigenvalue weighted by Gasteiger charge is -2.27. The van der Waals surface area contributed by atoms with Gasteiger partial charge in [0, 0.05) is 32.0 Å². The van der Waals surface area contributed by atoms with Crippen LogP contribution in [-0.4, -0.2) is 37.4 Å². The van der Waals surface area contributed by atoms with E-state index in [1.54, 1.807) is 0 Å². The van der Waals surface area contributed by atoms with Crippen LogP contribution in [0, 0.1) is 5.92 Å². The van der Waals surface area contributed by atoms with E-state index in [4.69, 9.17) is 4.84 Å². The van der Waals surface area contributed by atoms with Gasteiger partial charge in [0.1, 0.15) is 0 Å². The summed E-state index contributed by atoms with van der Waals surface area (Å²) in [6, 6.07) is 9.47. The molecule has 1 saturated heterocycles. The zero-order chi connectivity index (χ0) is 19.3. The molecule has 1 fully saturated rings. The van der Waals surface area contributed by atoms with E-state index in [9.17, 15) is 9.59 Å². The van der Waals surface area contributed by atoms with Crippen LogP contribution in [0.25, 0.3) is 0 Å². The number of nitrogens with one attached hydrogen (secondary N) is 3. The normalized spacial score (nSPS) is 18.0. The van der Waals surface area contributed by atoms with Gasteiger partial charge in [0.05, 0.1) is 12.6 Å². The molecule has 0 aliphatic carbocycles. The molecule has 0 saturated carbocycles. The average molecular weight is 376 g/mol. The number of ketones is 1. The number of piperazine rings is 1. The molecule has 27 heavy (non-hydrogen) atoms. The lowest BCUT2D eigenvalue weighted by Crippen LogP contribution is -2.54. The minimum atomic E-state index is -0.264. The maximum Gasteiger partial charge on any atom is 0.244 e. The summed E-state index contributed by atoms with van der Waals surface area (Å²) in [5.74, 6) is -0.361. The molecule has 1 aliphatic rings. The number of carbonyl (C=O) groups is 2. The molecular weight excluding hydrogens is 342 g/mol. The maximum absolute atomic E-state index is 12.9. The molecular formula is C21H33N3O3. The second-order valence-corrected chi connectivity index (χ2v) is 7.16. The fourth-order valence-electron chi connectivity index (χ4n) is 3.34. The summed E-state index contributed by atoms with van der Waals surface area (Å²) in [5.41, 5.74) is 3.48. The fourth-order valence-corrected chi connectivity index (χ4v) is 3.34. The number of hydrogen-bond acceptors (Lipinski definition) is 5. The highest BCUT2D eigenvalue weighted by Gasteiger charge is 2.29. The van der Waals surface area contributed by atoms with Crippen molar-refractivity contribution in [3.63, 3.8) is 0 Å². The third-order valence-corrected chi connectivity index (χ3v) is 4.89. The summed E-state index contributed by atoms with van der Waals surface area (Å²) in [5, 5.41) is 6.51. The van der Waals surface area contributed by atoms with Gasteiger partial charge in [-0.05, 0) is 12.0 Å². The minimum Gasteiger partial charge on any atom is -0.313 e. The Morgan fingerprint density at radius 1 is 1.19 bits per heavy atom. The number of carbonyl (C=O) groups excluding carboxylic acids is 2. The van der Waals surface area contributed by atoms with Gasteiger partial charge in [-0.1, -0.05) is 62.9 Å². The highest BCUT2D eigenvalue weighted by atomic mass is 16.6. The summed E-state index contributed by atoms with van der Waals surface area (Å²) in [6.07, 6.45) is 5.32. The highest BCUT2D eigenvalue weighted by molar-refractivity contribution is 5.90. The molecule has 1 heterocycles. The first-order valence-electron chi connectivity index (χ1n) is 10.1. The van der Waals surface area contributed by atoms with Crippen molar-refractivity contribution in [3.05, 3.63) is 35.9 Å². The van der Waals surface area contributed by atoms with Gasteiger partial charge in [0.15, 0.2) is 5.78 Å². The molecule has 2 rings (SSSR count). The second-order valence-electron chi connectivity index (χ2n) is 7.16. The van der Waals surface area contributed by atoms with Crippen LogP contribution in [-0.2, 0) is 21.0 Å². The molecule has 1 aromatic carbocycles. The van der Waals surface area contributed by atoms with Crippen LogP contribution < -0.4 is 16.1 Å². The zero-order valence-corrected chi connectivity index (χ0v) is 16.3. The quantitative estimate of drug-likeness (QED) is 0.386. The van der Waals surface area contributed by atoms with Crippen molar-refractivity contribution in [2.45, 2.75) is 58.1 Å². The molecule has 1 aliphatic heterocycles. The molecule has 150 valence electrons. The lowest BCUT2D eigenvalue weighted by atomic mass is 9.88. The van der Waals surface area contributed by atoms with Crippen LogP contribution in [0.5, 0.6) is 0 Å². The average Bonchev–Trinajstić information content (AvgIpc) is 2.71. The van der Waals surface area contributed by atoms with E-state index >= 15 is 0 Å². The first-order valence-corrected chi connectivity index (χ1v) is 10.1. The Bertz CT molecular complexity index is 559. The Morgan fingerprint density at radius 3 is 2.70 bits per heavy atom. The summed E-state index contributed by atoms with van der Waals surface area (Å²) >= 11 is 0. The highest BCUT2D eigenvalue weighted by Crippen LogP contribution is 2.18. The molecule has 0 radical (unpaired) electrons. The monoisotopic (exact) mass is 375 g/mol. The van der Waals surface area contributed by atoms with Crippen molar-refractivity contribution in [1.82, 2.24) is 16.1 Å². The first kappa shape index (κ1) is 21.5. The van der Waals surface area contributed by atoms with Crippen LogP contribution in [0.15, 0.2) is 30.3 Å². The Hall–Kier alpha value is -1.76. The van der Waals surface area contributed by atoms with E-state index in [2.05, 4.69) is 23.0 Å². The molecule has 6 nitrogen and oxygen atoms in total. The smallest absolute Gasteiger partial charge is 0.244 e. The van der Waals surface area contributed by atoms with Crippen LogP contribution in [0.3, 0.4) is 0 Å². The first-order chi connectivity index (χ1) is 13.2. The van der Waals surface area contributed by atoms with E-state index in [1.807, 2.05) is 30.3 Å². The number of rotatable bonds is 12.